The van der Waals surface area contributed by atoms with Crippen LogP contribution in [0.5, 0.6) is 0 Å². The van der Waals surface area contributed by atoms with Crippen LogP contribution in [-0.2, 0) is 0 Å². The standard InChI is InChI=1S/C14H16ClN3OS2/c1-2-11-12(21-6-5-20-11)13-17-14(19-18-13)9-4-3-8(15)7-10(9)16/h3-4,7,11-12H,2,5-6,16H2,1H3. The Morgan fingerprint density at radius 3 is 2.95 bits per heavy atom. The lowest BCUT2D eigenvalue weighted by molar-refractivity contribution is 0.421. The van der Waals surface area contributed by atoms with Crippen LogP contribution in [0.4, 0.5) is 5.69 Å². The van der Waals surface area contributed by atoms with Crippen LogP contribution in [0.1, 0.15) is 24.4 Å². The Morgan fingerprint density at radius 1 is 1.38 bits per heavy atom. The van der Waals surface area contributed by atoms with Gasteiger partial charge in [-0.15, -0.1) is 11.8 Å². The van der Waals surface area contributed by atoms with E-state index in [0.717, 1.165) is 23.6 Å². The van der Waals surface area contributed by atoms with Gasteiger partial charge in [0.25, 0.3) is 5.89 Å². The molecule has 1 fully saturated rings. The average molecular weight is 342 g/mol. The number of thioether (sulfide) groups is 2. The zero-order valence-electron chi connectivity index (χ0n) is 11.6. The third kappa shape index (κ3) is 3.17. The molecule has 0 aliphatic carbocycles. The molecule has 21 heavy (non-hydrogen) atoms. The number of halogens is 1. The van der Waals surface area contributed by atoms with Crippen molar-refractivity contribution < 1.29 is 4.52 Å². The molecule has 0 radical (unpaired) electrons. The molecule has 2 heterocycles. The molecular weight excluding hydrogens is 326 g/mol. The number of hydrogen-bond donors (Lipinski definition) is 1. The summed E-state index contributed by atoms with van der Waals surface area (Å²) in [4.78, 5) is 4.56. The molecule has 3 rings (SSSR count). The summed E-state index contributed by atoms with van der Waals surface area (Å²) in [6.45, 7) is 2.20. The SMILES string of the molecule is CCC1SCCSC1c1noc(-c2ccc(Cl)cc2N)n1. The molecule has 112 valence electrons. The smallest absolute Gasteiger partial charge is 0.260 e. The Morgan fingerprint density at radius 2 is 2.19 bits per heavy atom. The average Bonchev–Trinajstić information content (AvgIpc) is 2.96. The highest BCUT2D eigenvalue weighted by Gasteiger charge is 2.30. The van der Waals surface area contributed by atoms with E-state index in [0.29, 0.717) is 27.1 Å². The Hall–Kier alpha value is -0.850. The van der Waals surface area contributed by atoms with Gasteiger partial charge in [-0.1, -0.05) is 23.7 Å². The van der Waals surface area contributed by atoms with Crippen molar-refractivity contribution in [3.8, 4) is 11.5 Å². The largest absolute Gasteiger partial charge is 0.398 e. The lowest BCUT2D eigenvalue weighted by Crippen LogP contribution is -2.19. The second-order valence-electron chi connectivity index (χ2n) is 4.80. The molecule has 4 nitrogen and oxygen atoms in total. The highest BCUT2D eigenvalue weighted by atomic mass is 35.5. The summed E-state index contributed by atoms with van der Waals surface area (Å²) < 4.78 is 5.41. The van der Waals surface area contributed by atoms with Gasteiger partial charge in [0.15, 0.2) is 5.82 Å². The monoisotopic (exact) mass is 341 g/mol. The maximum atomic E-state index is 5.97. The summed E-state index contributed by atoms with van der Waals surface area (Å²) in [5.74, 6) is 3.54. The molecular formula is C14H16ClN3OS2. The first kappa shape index (κ1) is 15.1. The lowest BCUT2D eigenvalue weighted by Gasteiger charge is -2.27. The van der Waals surface area contributed by atoms with Gasteiger partial charge in [-0.05, 0) is 24.6 Å². The van der Waals surface area contributed by atoms with E-state index in [1.54, 1.807) is 12.1 Å². The number of nitrogens with zero attached hydrogens (tertiary/aromatic N) is 2. The van der Waals surface area contributed by atoms with Crippen molar-refractivity contribution in [1.29, 1.82) is 0 Å². The van der Waals surface area contributed by atoms with Gasteiger partial charge >= 0.3 is 0 Å². The van der Waals surface area contributed by atoms with E-state index in [1.165, 1.54) is 5.75 Å². The van der Waals surface area contributed by atoms with Gasteiger partial charge in [-0.2, -0.15) is 16.7 Å². The third-order valence-corrected chi connectivity index (χ3v) is 6.87. The van der Waals surface area contributed by atoms with E-state index in [-0.39, 0.29) is 0 Å². The van der Waals surface area contributed by atoms with Gasteiger partial charge < -0.3 is 10.3 Å². The normalized spacial score (nSPS) is 22.4. The van der Waals surface area contributed by atoms with Gasteiger partial charge in [0.1, 0.15) is 0 Å². The summed E-state index contributed by atoms with van der Waals surface area (Å²) in [5.41, 5.74) is 7.26. The molecule has 1 aromatic carbocycles. The highest BCUT2D eigenvalue weighted by Crippen LogP contribution is 2.43. The van der Waals surface area contributed by atoms with Crippen LogP contribution in [0, 0.1) is 0 Å². The summed E-state index contributed by atoms with van der Waals surface area (Å²) in [7, 11) is 0. The van der Waals surface area contributed by atoms with Crippen molar-refractivity contribution in [3.63, 3.8) is 0 Å². The number of anilines is 1. The minimum absolute atomic E-state index is 0.291. The zero-order chi connectivity index (χ0) is 14.8. The summed E-state index contributed by atoms with van der Waals surface area (Å²) in [5, 5.41) is 5.60. The van der Waals surface area contributed by atoms with Crippen molar-refractivity contribution >= 4 is 40.8 Å². The maximum absolute atomic E-state index is 5.97. The lowest BCUT2D eigenvalue weighted by atomic mass is 10.2. The van der Waals surface area contributed by atoms with E-state index >= 15 is 0 Å². The molecule has 2 N–H and O–H groups in total. The first-order valence-corrected chi connectivity index (χ1v) is 9.28. The van der Waals surface area contributed by atoms with E-state index in [2.05, 4.69) is 17.1 Å². The highest BCUT2D eigenvalue weighted by molar-refractivity contribution is 8.06. The van der Waals surface area contributed by atoms with E-state index in [1.807, 2.05) is 29.6 Å². The van der Waals surface area contributed by atoms with Gasteiger partial charge in [-0.3, -0.25) is 0 Å². The van der Waals surface area contributed by atoms with Crippen LogP contribution in [0.3, 0.4) is 0 Å². The van der Waals surface area contributed by atoms with Crippen molar-refractivity contribution in [1.82, 2.24) is 10.1 Å². The molecule has 0 spiro atoms. The summed E-state index contributed by atoms with van der Waals surface area (Å²) >= 11 is 9.81. The van der Waals surface area contributed by atoms with E-state index < -0.39 is 0 Å². The van der Waals surface area contributed by atoms with Crippen LogP contribution in [0.2, 0.25) is 5.02 Å². The first-order chi connectivity index (χ1) is 10.2. The number of hydrogen-bond acceptors (Lipinski definition) is 6. The van der Waals surface area contributed by atoms with Crippen molar-refractivity contribution in [2.24, 2.45) is 0 Å². The summed E-state index contributed by atoms with van der Waals surface area (Å²) in [6, 6.07) is 5.28. The van der Waals surface area contributed by atoms with E-state index in [9.17, 15) is 0 Å². The van der Waals surface area contributed by atoms with Gasteiger partial charge in [-0.25, -0.2) is 0 Å². The van der Waals surface area contributed by atoms with Crippen LogP contribution in [0.15, 0.2) is 22.7 Å². The first-order valence-electron chi connectivity index (χ1n) is 6.81. The van der Waals surface area contributed by atoms with Crippen LogP contribution in [0.25, 0.3) is 11.5 Å². The molecule has 2 unspecified atom stereocenters. The Bertz CT molecular complexity index is 634. The predicted octanol–water partition coefficient (Wildman–Crippen LogP) is 4.27. The van der Waals surface area contributed by atoms with Crippen molar-refractivity contribution in [3.05, 3.63) is 29.0 Å². The molecule has 1 saturated heterocycles. The van der Waals surface area contributed by atoms with Crippen LogP contribution in [-0.4, -0.2) is 26.9 Å². The molecule has 0 saturated carbocycles. The van der Waals surface area contributed by atoms with Crippen LogP contribution < -0.4 is 5.73 Å². The molecule has 2 atom stereocenters. The molecule has 2 aromatic rings. The minimum Gasteiger partial charge on any atom is -0.398 e. The second-order valence-corrected chi connectivity index (χ2v) is 7.83. The molecule has 7 heteroatoms. The maximum Gasteiger partial charge on any atom is 0.260 e. The zero-order valence-corrected chi connectivity index (χ0v) is 14.0. The van der Waals surface area contributed by atoms with Gasteiger partial charge in [0.05, 0.1) is 10.8 Å². The summed E-state index contributed by atoms with van der Waals surface area (Å²) in [6.07, 6.45) is 1.11. The molecule has 1 aliphatic heterocycles. The number of benzene rings is 1. The van der Waals surface area contributed by atoms with Crippen molar-refractivity contribution in [2.45, 2.75) is 23.8 Å². The number of rotatable bonds is 3. The van der Waals surface area contributed by atoms with Crippen molar-refractivity contribution in [2.75, 3.05) is 17.2 Å². The molecule has 1 aliphatic rings. The fourth-order valence-electron chi connectivity index (χ4n) is 2.33. The van der Waals surface area contributed by atoms with Crippen LogP contribution >= 0.6 is 35.1 Å². The van der Waals surface area contributed by atoms with E-state index in [4.69, 9.17) is 21.9 Å². The molecule has 1 aromatic heterocycles. The minimum atomic E-state index is 0.291. The molecule has 0 bridgehead atoms. The Balaban J connectivity index is 1.89. The Labute approximate surface area is 137 Å². The fraction of sp³-hybridized carbons (Fsp3) is 0.429. The number of nitrogens with two attached hydrogens (primary N) is 1. The number of aromatic nitrogens is 2. The fourth-order valence-corrected chi connectivity index (χ4v) is 5.49. The Kier molecular flexibility index (Phi) is 4.66. The number of nitrogen functional groups attached to an aromatic ring is 1. The predicted molar refractivity (Wildman–Crippen MR) is 90.9 cm³/mol. The quantitative estimate of drug-likeness (QED) is 0.841. The van der Waals surface area contributed by atoms with Gasteiger partial charge in [0.2, 0.25) is 0 Å². The topological polar surface area (TPSA) is 64.9 Å². The van der Waals surface area contributed by atoms with Gasteiger partial charge in [0, 0.05) is 27.5 Å². The second kappa shape index (κ2) is 6.50. The molecule has 0 amide bonds. The third-order valence-electron chi connectivity index (χ3n) is 3.39.